The van der Waals surface area contributed by atoms with E-state index in [1.807, 2.05) is 0 Å². The molecule has 0 atom stereocenters. The van der Waals surface area contributed by atoms with E-state index in [0.29, 0.717) is 21.7 Å². The molecule has 0 unspecified atom stereocenters. The highest BCUT2D eigenvalue weighted by atomic mass is 16.5. The lowest BCUT2D eigenvalue weighted by Crippen LogP contribution is -2.27. The third-order valence-electron chi connectivity index (χ3n) is 3.04. The maximum atomic E-state index is 12.0. The molecule has 23 heavy (non-hydrogen) atoms. The number of pyridine rings is 1. The van der Waals surface area contributed by atoms with E-state index in [1.165, 1.54) is 29.4 Å². The van der Waals surface area contributed by atoms with Gasteiger partial charge in [0.2, 0.25) is 0 Å². The number of rotatable bonds is 5. The van der Waals surface area contributed by atoms with Gasteiger partial charge in [0.05, 0.1) is 5.56 Å². The molecule has 0 aliphatic heterocycles. The molecule has 0 aliphatic rings. The SMILES string of the molecule is CN(C)C(=O)COc1ccc(NC(=O)c2cc[n+]([O-])cc2)cc1. The molecule has 0 radical (unpaired) electrons. The van der Waals surface area contributed by atoms with Gasteiger partial charge in [0.1, 0.15) is 5.75 Å². The monoisotopic (exact) mass is 315 g/mol. The Morgan fingerprint density at radius 3 is 2.30 bits per heavy atom. The van der Waals surface area contributed by atoms with Crippen molar-refractivity contribution in [3.63, 3.8) is 0 Å². The number of amides is 2. The molecule has 2 amide bonds. The van der Waals surface area contributed by atoms with Crippen molar-refractivity contribution in [3.8, 4) is 5.75 Å². The van der Waals surface area contributed by atoms with E-state index in [4.69, 9.17) is 4.74 Å². The van der Waals surface area contributed by atoms with Gasteiger partial charge in [-0.2, -0.15) is 4.73 Å². The van der Waals surface area contributed by atoms with Crippen LogP contribution >= 0.6 is 0 Å². The summed E-state index contributed by atoms with van der Waals surface area (Å²) in [5.41, 5.74) is 0.967. The summed E-state index contributed by atoms with van der Waals surface area (Å²) in [5.74, 6) is 0.0782. The minimum absolute atomic E-state index is 0.0437. The van der Waals surface area contributed by atoms with E-state index in [9.17, 15) is 14.8 Å². The molecule has 120 valence electrons. The van der Waals surface area contributed by atoms with E-state index in [1.54, 1.807) is 38.4 Å². The highest BCUT2D eigenvalue weighted by molar-refractivity contribution is 6.04. The minimum atomic E-state index is -0.318. The number of nitrogens with one attached hydrogen (secondary N) is 1. The summed E-state index contributed by atoms with van der Waals surface area (Å²) in [5, 5.41) is 13.6. The summed E-state index contributed by atoms with van der Waals surface area (Å²) < 4.78 is 5.95. The van der Waals surface area contributed by atoms with E-state index >= 15 is 0 Å². The highest BCUT2D eigenvalue weighted by Crippen LogP contribution is 2.16. The molecule has 2 rings (SSSR count). The zero-order valence-corrected chi connectivity index (χ0v) is 12.9. The molecule has 0 bridgehead atoms. The van der Waals surface area contributed by atoms with Crippen LogP contribution in [0.25, 0.3) is 0 Å². The van der Waals surface area contributed by atoms with Gasteiger partial charge < -0.3 is 20.2 Å². The van der Waals surface area contributed by atoms with Crippen molar-refractivity contribution in [3.05, 3.63) is 59.6 Å². The average molecular weight is 315 g/mol. The van der Waals surface area contributed by atoms with Crippen LogP contribution in [0, 0.1) is 5.21 Å². The van der Waals surface area contributed by atoms with Crippen LogP contribution in [0.3, 0.4) is 0 Å². The fourth-order valence-electron chi connectivity index (χ4n) is 1.68. The van der Waals surface area contributed by atoms with Gasteiger partial charge in [-0.15, -0.1) is 0 Å². The Kier molecular flexibility index (Phi) is 5.14. The predicted molar refractivity (Wildman–Crippen MR) is 84.0 cm³/mol. The van der Waals surface area contributed by atoms with Crippen LogP contribution in [0.4, 0.5) is 5.69 Å². The normalized spacial score (nSPS) is 10.0. The summed E-state index contributed by atoms with van der Waals surface area (Å²) in [6.45, 7) is -0.0437. The molecule has 0 aliphatic carbocycles. The zero-order valence-electron chi connectivity index (χ0n) is 12.9. The quantitative estimate of drug-likeness (QED) is 0.660. The third kappa shape index (κ3) is 4.70. The van der Waals surface area contributed by atoms with Crippen LogP contribution in [-0.4, -0.2) is 37.4 Å². The number of carbonyl (C=O) groups excluding carboxylic acids is 2. The van der Waals surface area contributed by atoms with Crippen molar-refractivity contribution in [1.29, 1.82) is 0 Å². The van der Waals surface area contributed by atoms with Crippen molar-refractivity contribution < 1.29 is 19.1 Å². The number of hydrogen-bond acceptors (Lipinski definition) is 4. The van der Waals surface area contributed by atoms with Crippen LogP contribution < -0.4 is 14.8 Å². The first kappa shape index (κ1) is 16.3. The first-order valence-electron chi connectivity index (χ1n) is 6.89. The summed E-state index contributed by atoms with van der Waals surface area (Å²) in [6, 6.07) is 9.54. The number of benzene rings is 1. The van der Waals surface area contributed by atoms with E-state index in [-0.39, 0.29) is 18.4 Å². The van der Waals surface area contributed by atoms with Crippen LogP contribution in [0.2, 0.25) is 0 Å². The first-order chi connectivity index (χ1) is 11.0. The fraction of sp³-hybridized carbons (Fsp3) is 0.188. The van der Waals surface area contributed by atoms with E-state index in [2.05, 4.69) is 5.32 Å². The molecular formula is C16H17N3O4. The molecule has 0 saturated carbocycles. The number of nitrogens with zero attached hydrogens (tertiary/aromatic N) is 2. The third-order valence-corrected chi connectivity index (χ3v) is 3.04. The van der Waals surface area contributed by atoms with Gasteiger partial charge in [-0.3, -0.25) is 9.59 Å². The molecule has 0 spiro atoms. The average Bonchev–Trinajstić information content (AvgIpc) is 2.54. The topological polar surface area (TPSA) is 85.6 Å². The number of anilines is 1. The molecule has 7 nitrogen and oxygen atoms in total. The standard InChI is InChI=1S/C16H17N3O4/c1-18(2)15(20)11-23-14-5-3-13(4-6-14)17-16(21)12-7-9-19(22)10-8-12/h3-10H,11H2,1-2H3,(H,17,21). The van der Waals surface area contributed by atoms with Gasteiger partial charge in [-0.25, -0.2) is 0 Å². The maximum absolute atomic E-state index is 12.0. The Bertz CT molecular complexity index is 681. The largest absolute Gasteiger partial charge is 0.619 e. The molecule has 1 heterocycles. The van der Waals surface area contributed by atoms with Crippen LogP contribution in [0.5, 0.6) is 5.75 Å². The van der Waals surface area contributed by atoms with Gasteiger partial charge in [0, 0.05) is 31.9 Å². The number of ether oxygens (including phenoxy) is 1. The highest BCUT2D eigenvalue weighted by Gasteiger charge is 2.08. The molecule has 0 fully saturated rings. The summed E-state index contributed by atoms with van der Waals surface area (Å²) in [4.78, 5) is 24.9. The number of hydrogen-bond donors (Lipinski definition) is 1. The van der Waals surface area contributed by atoms with Gasteiger partial charge in [0.25, 0.3) is 11.8 Å². The smallest absolute Gasteiger partial charge is 0.259 e. The first-order valence-corrected chi connectivity index (χ1v) is 6.89. The van der Waals surface area contributed by atoms with E-state index in [0.717, 1.165) is 0 Å². The van der Waals surface area contributed by atoms with Gasteiger partial charge in [-0.05, 0) is 24.3 Å². The number of aromatic nitrogens is 1. The maximum Gasteiger partial charge on any atom is 0.259 e. The zero-order chi connectivity index (χ0) is 16.8. The van der Waals surface area contributed by atoms with Gasteiger partial charge in [0.15, 0.2) is 19.0 Å². The van der Waals surface area contributed by atoms with Gasteiger partial charge >= 0.3 is 0 Å². The molecule has 7 heteroatoms. The Morgan fingerprint density at radius 2 is 1.74 bits per heavy atom. The van der Waals surface area contributed by atoms with Gasteiger partial charge in [-0.1, -0.05) is 0 Å². The Morgan fingerprint density at radius 1 is 1.13 bits per heavy atom. The molecule has 1 aromatic heterocycles. The minimum Gasteiger partial charge on any atom is -0.619 e. The molecular weight excluding hydrogens is 298 g/mol. The summed E-state index contributed by atoms with van der Waals surface area (Å²) in [6.07, 6.45) is 2.52. The van der Waals surface area contributed by atoms with Crippen LogP contribution in [0.1, 0.15) is 10.4 Å². The second-order valence-electron chi connectivity index (χ2n) is 5.00. The summed E-state index contributed by atoms with van der Waals surface area (Å²) in [7, 11) is 3.31. The number of carbonyl (C=O) groups is 2. The Balaban J connectivity index is 1.93. The van der Waals surface area contributed by atoms with Crippen molar-refractivity contribution in [1.82, 2.24) is 4.90 Å². The van der Waals surface area contributed by atoms with Crippen LogP contribution in [-0.2, 0) is 4.79 Å². The molecule has 0 saturated heterocycles. The predicted octanol–water partition coefficient (Wildman–Crippen LogP) is 1.04. The second kappa shape index (κ2) is 7.26. The van der Waals surface area contributed by atoms with Crippen LogP contribution in [0.15, 0.2) is 48.8 Å². The lowest BCUT2D eigenvalue weighted by atomic mass is 10.2. The Labute approximate surface area is 133 Å². The van der Waals surface area contributed by atoms with Crippen molar-refractivity contribution >= 4 is 17.5 Å². The molecule has 1 aromatic carbocycles. The second-order valence-corrected chi connectivity index (χ2v) is 5.00. The van der Waals surface area contributed by atoms with Crippen molar-refractivity contribution in [2.24, 2.45) is 0 Å². The Hall–Kier alpha value is -3.09. The molecule has 1 N–H and O–H groups in total. The fourth-order valence-corrected chi connectivity index (χ4v) is 1.68. The van der Waals surface area contributed by atoms with Crippen molar-refractivity contribution in [2.75, 3.05) is 26.0 Å². The van der Waals surface area contributed by atoms with E-state index < -0.39 is 0 Å². The lowest BCUT2D eigenvalue weighted by Gasteiger charge is -2.11. The molecule has 2 aromatic rings. The summed E-state index contributed by atoms with van der Waals surface area (Å²) >= 11 is 0. The lowest BCUT2D eigenvalue weighted by molar-refractivity contribution is -0.605. The van der Waals surface area contributed by atoms with Crippen molar-refractivity contribution in [2.45, 2.75) is 0 Å². The number of likely N-dealkylation sites (N-methyl/N-ethyl adjacent to an activating group) is 1.